The second-order valence-corrected chi connectivity index (χ2v) is 7.90. The number of nitrogens with zero attached hydrogens (tertiary/aromatic N) is 4. The quantitative estimate of drug-likeness (QED) is 0.777. The zero-order chi connectivity index (χ0) is 19.3. The lowest BCUT2D eigenvalue weighted by Gasteiger charge is -2.45. The smallest absolute Gasteiger partial charge is 0.176 e. The Bertz CT molecular complexity index is 1030. The normalized spacial score (nSPS) is 26.6. The van der Waals surface area contributed by atoms with E-state index in [1.54, 1.807) is 6.20 Å². The predicted octanol–water partition coefficient (Wildman–Crippen LogP) is 3.64. The van der Waals surface area contributed by atoms with Gasteiger partial charge in [-0.1, -0.05) is 19.9 Å². The largest absolute Gasteiger partial charge is 0.293 e. The number of hydrogen-bond acceptors (Lipinski definition) is 5. The van der Waals surface area contributed by atoms with Gasteiger partial charge < -0.3 is 0 Å². The van der Waals surface area contributed by atoms with Crippen LogP contribution in [0.25, 0.3) is 11.4 Å². The summed E-state index contributed by atoms with van der Waals surface area (Å²) in [6, 6.07) is 4.04. The first-order valence-electron chi connectivity index (χ1n) is 9.33. The molecule has 2 aliphatic rings. The van der Waals surface area contributed by atoms with Crippen molar-refractivity contribution < 1.29 is 4.79 Å². The molecule has 0 fully saturated rings. The number of hydrogen-bond donors (Lipinski definition) is 0. The van der Waals surface area contributed by atoms with Crippen LogP contribution in [0.15, 0.2) is 30.1 Å². The summed E-state index contributed by atoms with van der Waals surface area (Å²) in [6.07, 6.45) is 7.19. The van der Waals surface area contributed by atoms with Crippen molar-refractivity contribution in [1.29, 1.82) is 5.26 Å². The van der Waals surface area contributed by atoms with Crippen LogP contribution < -0.4 is 0 Å². The van der Waals surface area contributed by atoms with E-state index in [0.29, 0.717) is 5.82 Å². The van der Waals surface area contributed by atoms with Crippen molar-refractivity contribution in [3.63, 3.8) is 0 Å². The summed E-state index contributed by atoms with van der Waals surface area (Å²) in [7, 11) is 0. The van der Waals surface area contributed by atoms with Crippen LogP contribution in [0.4, 0.5) is 0 Å². The molecule has 27 heavy (non-hydrogen) atoms. The second-order valence-electron chi connectivity index (χ2n) is 7.90. The molecule has 2 heterocycles. The van der Waals surface area contributed by atoms with Crippen LogP contribution in [0, 0.1) is 37.0 Å². The van der Waals surface area contributed by atoms with Gasteiger partial charge in [0.1, 0.15) is 6.07 Å². The van der Waals surface area contributed by atoms with Gasteiger partial charge in [0, 0.05) is 35.0 Å². The highest BCUT2D eigenvalue weighted by Gasteiger charge is 2.49. The zero-order valence-electron chi connectivity index (χ0n) is 16.1. The van der Waals surface area contributed by atoms with Crippen molar-refractivity contribution >= 4 is 5.78 Å². The molecule has 0 spiro atoms. The fraction of sp³-hybridized carbons (Fsp3) is 0.409. The van der Waals surface area contributed by atoms with Gasteiger partial charge >= 0.3 is 0 Å². The van der Waals surface area contributed by atoms with Crippen molar-refractivity contribution in [3.8, 4) is 17.5 Å². The standard InChI is InChI=1S/C22H22N4O/c1-12-11-24-8-7-16(12)21-25-14(3)17-5-6-18-13(2)19(27)15(10-23)9-22(18,4)20(17)26-21/h7-9,11,13,18H,5-6H2,1-4H3/t13-,18-,22-/m1/s1. The fourth-order valence-electron chi connectivity index (χ4n) is 4.79. The summed E-state index contributed by atoms with van der Waals surface area (Å²) in [6.45, 7) is 8.09. The number of pyridine rings is 1. The zero-order valence-corrected chi connectivity index (χ0v) is 16.1. The molecule has 0 saturated carbocycles. The lowest BCUT2D eigenvalue weighted by atomic mass is 9.57. The first-order chi connectivity index (χ1) is 12.9. The second kappa shape index (κ2) is 6.09. The Morgan fingerprint density at radius 3 is 2.78 bits per heavy atom. The van der Waals surface area contributed by atoms with Gasteiger partial charge in [-0.25, -0.2) is 9.97 Å². The van der Waals surface area contributed by atoms with Crippen molar-refractivity contribution in [2.45, 2.75) is 46.0 Å². The molecule has 5 nitrogen and oxygen atoms in total. The molecular formula is C22H22N4O. The molecule has 0 amide bonds. The molecule has 0 aromatic carbocycles. The van der Waals surface area contributed by atoms with Crippen LogP contribution in [0.3, 0.4) is 0 Å². The molecule has 0 aliphatic heterocycles. The highest BCUT2D eigenvalue weighted by Crippen LogP contribution is 2.49. The highest BCUT2D eigenvalue weighted by atomic mass is 16.1. The van der Waals surface area contributed by atoms with E-state index in [9.17, 15) is 10.1 Å². The molecule has 136 valence electrons. The molecule has 0 unspecified atom stereocenters. The molecule has 2 aliphatic carbocycles. The Hall–Kier alpha value is -2.87. The van der Waals surface area contributed by atoms with Gasteiger partial charge in [0.15, 0.2) is 11.6 Å². The van der Waals surface area contributed by atoms with E-state index in [1.807, 2.05) is 39.1 Å². The topological polar surface area (TPSA) is 79.5 Å². The van der Waals surface area contributed by atoms with Crippen LogP contribution in [0.2, 0.25) is 0 Å². The molecular weight excluding hydrogens is 336 g/mol. The van der Waals surface area contributed by atoms with Crippen LogP contribution in [0.5, 0.6) is 0 Å². The van der Waals surface area contributed by atoms with Gasteiger partial charge in [-0.05, 0) is 49.8 Å². The molecule has 2 aromatic heterocycles. The van der Waals surface area contributed by atoms with Gasteiger partial charge in [0.25, 0.3) is 0 Å². The summed E-state index contributed by atoms with van der Waals surface area (Å²) < 4.78 is 0. The number of Topliss-reactive ketones (excluding diaryl/α,β-unsaturated/α-hetero) is 1. The number of aromatic nitrogens is 3. The Labute approximate surface area is 159 Å². The molecule has 2 aromatic rings. The number of nitriles is 1. The van der Waals surface area contributed by atoms with Gasteiger partial charge in [-0.3, -0.25) is 9.78 Å². The first-order valence-corrected chi connectivity index (χ1v) is 9.33. The minimum atomic E-state index is -0.435. The van der Waals surface area contributed by atoms with Crippen LogP contribution >= 0.6 is 0 Å². The Morgan fingerprint density at radius 2 is 2.07 bits per heavy atom. The third-order valence-corrected chi connectivity index (χ3v) is 6.31. The summed E-state index contributed by atoms with van der Waals surface area (Å²) in [5.74, 6) is 0.614. The predicted molar refractivity (Wildman–Crippen MR) is 102 cm³/mol. The van der Waals surface area contributed by atoms with Crippen LogP contribution in [-0.4, -0.2) is 20.7 Å². The molecule has 4 rings (SSSR count). The number of ketones is 1. The first kappa shape index (κ1) is 17.5. The number of fused-ring (bicyclic) bond motifs is 3. The third-order valence-electron chi connectivity index (χ3n) is 6.31. The number of carbonyl (C=O) groups is 1. The summed E-state index contributed by atoms with van der Waals surface area (Å²) in [5.41, 5.74) is 4.90. The maximum absolute atomic E-state index is 12.5. The van der Waals surface area contributed by atoms with Gasteiger partial charge in [-0.2, -0.15) is 5.26 Å². The van der Waals surface area contributed by atoms with Crippen molar-refractivity contribution in [2.75, 3.05) is 0 Å². The molecule has 0 N–H and O–H groups in total. The van der Waals surface area contributed by atoms with Gasteiger partial charge in [0.05, 0.1) is 11.3 Å². The van der Waals surface area contributed by atoms with Crippen molar-refractivity contribution in [2.24, 2.45) is 11.8 Å². The van der Waals surface area contributed by atoms with Crippen molar-refractivity contribution in [3.05, 3.63) is 52.6 Å². The number of rotatable bonds is 1. The highest BCUT2D eigenvalue weighted by molar-refractivity contribution is 6.02. The van der Waals surface area contributed by atoms with E-state index < -0.39 is 5.41 Å². The average Bonchev–Trinajstić information content (AvgIpc) is 2.65. The minimum absolute atomic E-state index is 0.0422. The number of carbonyl (C=O) groups excluding carboxylic acids is 1. The Morgan fingerprint density at radius 1 is 1.30 bits per heavy atom. The maximum Gasteiger partial charge on any atom is 0.176 e. The number of aryl methyl sites for hydroxylation is 2. The summed E-state index contributed by atoms with van der Waals surface area (Å²) in [4.78, 5) is 26.4. The molecule has 0 saturated heterocycles. The summed E-state index contributed by atoms with van der Waals surface area (Å²) >= 11 is 0. The lowest BCUT2D eigenvalue weighted by Crippen LogP contribution is -2.46. The maximum atomic E-state index is 12.5. The summed E-state index contributed by atoms with van der Waals surface area (Å²) in [5, 5.41) is 9.48. The van der Waals surface area contributed by atoms with Crippen LogP contribution in [0.1, 0.15) is 42.8 Å². The van der Waals surface area contributed by atoms with E-state index >= 15 is 0 Å². The minimum Gasteiger partial charge on any atom is -0.293 e. The molecule has 0 bridgehead atoms. The van der Waals surface area contributed by atoms with Gasteiger partial charge in [-0.15, -0.1) is 0 Å². The monoisotopic (exact) mass is 358 g/mol. The lowest BCUT2D eigenvalue weighted by molar-refractivity contribution is -0.121. The Kier molecular flexibility index (Phi) is 3.96. The SMILES string of the molecule is Cc1cnccc1-c1nc(C)c2c(n1)[C@]1(C)C=C(C#N)C(=O)[C@H](C)[C@H]1CC2. The number of allylic oxidation sites excluding steroid dienone is 2. The van der Waals surface area contributed by atoms with Crippen molar-refractivity contribution in [1.82, 2.24) is 15.0 Å². The average molecular weight is 358 g/mol. The molecule has 3 atom stereocenters. The fourth-order valence-corrected chi connectivity index (χ4v) is 4.79. The van der Waals surface area contributed by atoms with E-state index in [1.165, 1.54) is 0 Å². The van der Waals surface area contributed by atoms with E-state index in [2.05, 4.69) is 18.0 Å². The Balaban J connectivity index is 1.97. The third kappa shape index (κ3) is 2.51. The van der Waals surface area contributed by atoms with E-state index in [-0.39, 0.29) is 23.2 Å². The van der Waals surface area contributed by atoms with E-state index in [4.69, 9.17) is 9.97 Å². The molecule has 0 radical (unpaired) electrons. The van der Waals surface area contributed by atoms with Crippen LogP contribution in [-0.2, 0) is 16.6 Å². The molecule has 5 heteroatoms. The van der Waals surface area contributed by atoms with Gasteiger partial charge in [0.2, 0.25) is 0 Å². The van der Waals surface area contributed by atoms with E-state index in [0.717, 1.165) is 40.9 Å².